The van der Waals surface area contributed by atoms with Crippen molar-refractivity contribution in [2.45, 2.75) is 47.6 Å². The first-order valence-corrected chi connectivity index (χ1v) is 7.52. The summed E-state index contributed by atoms with van der Waals surface area (Å²) < 4.78 is 0. The van der Waals surface area contributed by atoms with Crippen molar-refractivity contribution in [2.75, 3.05) is 24.5 Å². The first kappa shape index (κ1) is 16.7. The third kappa shape index (κ3) is 3.83. The van der Waals surface area contributed by atoms with Gasteiger partial charge in [-0.2, -0.15) is 0 Å². The van der Waals surface area contributed by atoms with Crippen molar-refractivity contribution >= 4 is 11.6 Å². The monoisotopic (exact) mass is 276 g/mol. The summed E-state index contributed by atoms with van der Waals surface area (Å²) in [7, 11) is 0. The van der Waals surface area contributed by atoms with Crippen LogP contribution in [-0.2, 0) is 4.79 Å². The number of benzene rings is 1. The quantitative estimate of drug-likeness (QED) is 0.795. The molecule has 0 N–H and O–H groups in total. The predicted octanol–water partition coefficient (Wildman–Crippen LogP) is 3.39. The standard InChI is InChI=1S/C17H28N2O/c1-7-18(8-2)12-16(20)19(13(3)4)17-14(5)10-9-11-15(17)6/h9-11,13H,7-8,12H2,1-6H3. The Morgan fingerprint density at radius 1 is 1.10 bits per heavy atom. The van der Waals surface area contributed by atoms with Crippen LogP contribution in [0.25, 0.3) is 0 Å². The molecule has 1 amide bonds. The molecule has 1 aromatic rings. The second kappa shape index (κ2) is 7.44. The second-order valence-electron chi connectivity index (χ2n) is 5.56. The smallest absolute Gasteiger partial charge is 0.241 e. The highest BCUT2D eigenvalue weighted by atomic mass is 16.2. The van der Waals surface area contributed by atoms with Gasteiger partial charge in [0.25, 0.3) is 0 Å². The van der Waals surface area contributed by atoms with Crippen LogP contribution in [0.5, 0.6) is 0 Å². The topological polar surface area (TPSA) is 23.6 Å². The molecule has 0 heterocycles. The van der Waals surface area contributed by atoms with Crippen LogP contribution in [0.1, 0.15) is 38.8 Å². The molecule has 0 aliphatic heterocycles. The van der Waals surface area contributed by atoms with Gasteiger partial charge in [0.2, 0.25) is 5.91 Å². The van der Waals surface area contributed by atoms with Gasteiger partial charge < -0.3 is 4.90 Å². The van der Waals surface area contributed by atoms with E-state index in [-0.39, 0.29) is 11.9 Å². The zero-order valence-electron chi connectivity index (χ0n) is 13.7. The van der Waals surface area contributed by atoms with Crippen molar-refractivity contribution in [3.63, 3.8) is 0 Å². The highest BCUT2D eigenvalue weighted by Gasteiger charge is 2.23. The van der Waals surface area contributed by atoms with Gasteiger partial charge in [0.15, 0.2) is 0 Å². The zero-order chi connectivity index (χ0) is 15.3. The van der Waals surface area contributed by atoms with Gasteiger partial charge in [-0.3, -0.25) is 9.69 Å². The summed E-state index contributed by atoms with van der Waals surface area (Å²) in [5, 5.41) is 0. The van der Waals surface area contributed by atoms with E-state index in [2.05, 4.69) is 58.6 Å². The molecule has 1 rings (SSSR count). The maximum Gasteiger partial charge on any atom is 0.241 e. The van der Waals surface area contributed by atoms with Crippen molar-refractivity contribution in [1.82, 2.24) is 4.90 Å². The summed E-state index contributed by atoms with van der Waals surface area (Å²) in [5.74, 6) is 0.182. The van der Waals surface area contributed by atoms with E-state index in [4.69, 9.17) is 0 Å². The SMILES string of the molecule is CCN(CC)CC(=O)N(c1c(C)cccc1C)C(C)C. The summed E-state index contributed by atoms with van der Waals surface area (Å²) in [6, 6.07) is 6.35. The molecule has 0 aliphatic carbocycles. The van der Waals surface area contributed by atoms with Gasteiger partial charge in [0, 0.05) is 11.7 Å². The Hall–Kier alpha value is -1.35. The Kier molecular flexibility index (Phi) is 6.21. The van der Waals surface area contributed by atoms with Gasteiger partial charge in [-0.05, 0) is 51.9 Å². The maximum absolute atomic E-state index is 12.7. The lowest BCUT2D eigenvalue weighted by atomic mass is 10.1. The first-order chi connectivity index (χ1) is 9.42. The van der Waals surface area contributed by atoms with Crippen molar-refractivity contribution in [3.05, 3.63) is 29.3 Å². The van der Waals surface area contributed by atoms with Crippen LogP contribution >= 0.6 is 0 Å². The largest absolute Gasteiger partial charge is 0.308 e. The van der Waals surface area contributed by atoms with Gasteiger partial charge in [-0.1, -0.05) is 32.0 Å². The fourth-order valence-corrected chi connectivity index (χ4v) is 2.57. The molecule has 0 saturated heterocycles. The molecule has 1 aromatic carbocycles. The molecular weight excluding hydrogens is 248 g/mol. The maximum atomic E-state index is 12.7. The van der Waals surface area contributed by atoms with E-state index in [1.807, 2.05) is 11.0 Å². The third-order valence-electron chi connectivity index (χ3n) is 3.72. The zero-order valence-corrected chi connectivity index (χ0v) is 13.7. The molecular formula is C17H28N2O. The number of amides is 1. The van der Waals surface area contributed by atoms with Crippen LogP contribution < -0.4 is 4.90 Å². The Bertz CT molecular complexity index is 430. The summed E-state index contributed by atoms with van der Waals surface area (Å²) in [5.41, 5.74) is 3.39. The van der Waals surface area contributed by atoms with E-state index < -0.39 is 0 Å². The van der Waals surface area contributed by atoms with E-state index in [0.29, 0.717) is 6.54 Å². The molecule has 0 spiro atoms. The van der Waals surface area contributed by atoms with Crippen LogP contribution in [0.4, 0.5) is 5.69 Å². The minimum absolute atomic E-state index is 0.165. The fraction of sp³-hybridized carbons (Fsp3) is 0.588. The number of rotatable bonds is 6. The van der Waals surface area contributed by atoms with Crippen LogP contribution in [0.3, 0.4) is 0 Å². The van der Waals surface area contributed by atoms with E-state index in [0.717, 1.165) is 29.9 Å². The highest BCUT2D eigenvalue weighted by molar-refractivity contribution is 5.96. The fourth-order valence-electron chi connectivity index (χ4n) is 2.57. The minimum Gasteiger partial charge on any atom is -0.308 e. The Labute approximate surface area is 123 Å². The summed E-state index contributed by atoms with van der Waals surface area (Å²) in [4.78, 5) is 16.8. The molecule has 3 heteroatoms. The normalized spacial score (nSPS) is 11.2. The van der Waals surface area contributed by atoms with Gasteiger partial charge in [0.05, 0.1) is 6.54 Å². The first-order valence-electron chi connectivity index (χ1n) is 7.52. The molecule has 3 nitrogen and oxygen atoms in total. The molecule has 20 heavy (non-hydrogen) atoms. The lowest BCUT2D eigenvalue weighted by Gasteiger charge is -2.32. The van der Waals surface area contributed by atoms with E-state index in [1.165, 1.54) is 0 Å². The number of likely N-dealkylation sites (N-methyl/N-ethyl adjacent to an activating group) is 1. The molecule has 112 valence electrons. The van der Waals surface area contributed by atoms with Crippen LogP contribution in [-0.4, -0.2) is 36.5 Å². The summed E-state index contributed by atoms with van der Waals surface area (Å²) in [6.45, 7) is 14.8. The third-order valence-corrected chi connectivity index (χ3v) is 3.72. The van der Waals surface area contributed by atoms with Gasteiger partial charge in [-0.15, -0.1) is 0 Å². The van der Waals surface area contributed by atoms with Crippen molar-refractivity contribution < 1.29 is 4.79 Å². The Morgan fingerprint density at radius 2 is 1.60 bits per heavy atom. The molecule has 0 fully saturated rings. The number of anilines is 1. The number of carbonyl (C=O) groups excluding carboxylic acids is 1. The predicted molar refractivity (Wildman–Crippen MR) is 86.3 cm³/mol. The molecule has 0 atom stereocenters. The lowest BCUT2D eigenvalue weighted by molar-refractivity contribution is -0.120. The highest BCUT2D eigenvalue weighted by Crippen LogP contribution is 2.26. The molecule has 0 saturated carbocycles. The number of para-hydroxylation sites is 1. The summed E-state index contributed by atoms with van der Waals surface area (Å²) in [6.07, 6.45) is 0. The van der Waals surface area contributed by atoms with E-state index in [9.17, 15) is 4.79 Å². The molecule has 0 unspecified atom stereocenters. The van der Waals surface area contributed by atoms with Crippen LogP contribution in [0.15, 0.2) is 18.2 Å². The second-order valence-corrected chi connectivity index (χ2v) is 5.56. The van der Waals surface area contributed by atoms with E-state index in [1.54, 1.807) is 0 Å². The Balaban J connectivity index is 3.09. The number of hydrogen-bond acceptors (Lipinski definition) is 2. The van der Waals surface area contributed by atoms with Gasteiger partial charge >= 0.3 is 0 Å². The van der Waals surface area contributed by atoms with Gasteiger partial charge in [-0.25, -0.2) is 0 Å². The van der Waals surface area contributed by atoms with Crippen LogP contribution in [0, 0.1) is 13.8 Å². The van der Waals surface area contributed by atoms with Crippen molar-refractivity contribution in [3.8, 4) is 0 Å². The van der Waals surface area contributed by atoms with Gasteiger partial charge in [0.1, 0.15) is 0 Å². The number of nitrogens with zero attached hydrogens (tertiary/aromatic N) is 2. The van der Waals surface area contributed by atoms with Crippen molar-refractivity contribution in [2.24, 2.45) is 0 Å². The van der Waals surface area contributed by atoms with Crippen LogP contribution in [0.2, 0.25) is 0 Å². The summed E-state index contributed by atoms with van der Waals surface area (Å²) >= 11 is 0. The number of hydrogen-bond donors (Lipinski definition) is 0. The molecule has 0 bridgehead atoms. The average Bonchev–Trinajstić information content (AvgIpc) is 2.39. The van der Waals surface area contributed by atoms with E-state index >= 15 is 0 Å². The number of carbonyl (C=O) groups is 1. The Morgan fingerprint density at radius 3 is 2.00 bits per heavy atom. The molecule has 0 aliphatic rings. The average molecular weight is 276 g/mol. The minimum atomic E-state index is 0.165. The molecule has 0 radical (unpaired) electrons. The lowest BCUT2D eigenvalue weighted by Crippen LogP contribution is -2.44. The van der Waals surface area contributed by atoms with Crippen molar-refractivity contribution in [1.29, 1.82) is 0 Å². The number of aryl methyl sites for hydroxylation is 2. The molecule has 0 aromatic heterocycles.